The van der Waals surface area contributed by atoms with E-state index < -0.39 is 30.9 Å². The third kappa shape index (κ3) is 6.41. The van der Waals surface area contributed by atoms with Gasteiger partial charge in [0.05, 0.1) is 23.1 Å². The largest absolute Gasteiger partial charge is 0.465 e. The maximum absolute atomic E-state index is 12.0. The monoisotopic (exact) mass is 476 g/mol. The Labute approximate surface area is 196 Å². The average molecular weight is 477 g/mol. The molecule has 2 N–H and O–H groups in total. The number of aromatic nitrogens is 1. The number of hydrogen-bond acceptors (Lipinski definition) is 6. The second-order valence-electron chi connectivity index (χ2n) is 10.8. The summed E-state index contributed by atoms with van der Waals surface area (Å²) in [6.45, 7) is 16.4. The second kappa shape index (κ2) is 9.64. The number of nitrogens with zero attached hydrogens (tertiary/aromatic N) is 3. The lowest BCUT2D eigenvalue weighted by atomic mass is 10.1. The summed E-state index contributed by atoms with van der Waals surface area (Å²) in [5, 5.41) is 25.4. The van der Waals surface area contributed by atoms with E-state index in [0.717, 1.165) is 0 Å². The number of pyridine rings is 1. The Kier molecular flexibility index (Phi) is 7.75. The minimum absolute atomic E-state index is 0.0383. The number of benzene rings is 1. The Morgan fingerprint density at radius 3 is 2.36 bits per heavy atom. The van der Waals surface area contributed by atoms with Crippen molar-refractivity contribution < 1.29 is 19.3 Å². The van der Waals surface area contributed by atoms with Gasteiger partial charge in [-0.1, -0.05) is 39.0 Å². The highest BCUT2D eigenvalue weighted by atomic mass is 28.4. The number of hydrogen-bond donors (Lipinski definition) is 2. The first-order valence-electron chi connectivity index (χ1n) is 11.0. The number of carbonyl (C=O) groups is 1. The molecule has 0 bridgehead atoms. The molecule has 2 rings (SSSR count). The molecule has 0 radical (unpaired) electrons. The van der Waals surface area contributed by atoms with E-state index in [2.05, 4.69) is 44.2 Å². The highest BCUT2D eigenvalue weighted by Crippen LogP contribution is 2.37. The molecular weight excluding hydrogens is 440 g/mol. The fraction of sp³-hybridized carbons (Fsp3) is 0.565. The minimum atomic E-state index is -2.15. The first-order chi connectivity index (χ1) is 15.0. The first kappa shape index (κ1) is 26.5. The maximum atomic E-state index is 12.0. The molecule has 33 heavy (non-hydrogen) atoms. The lowest BCUT2D eigenvalue weighted by Crippen LogP contribution is -2.52. The van der Waals surface area contributed by atoms with Gasteiger partial charge in [0.1, 0.15) is 11.9 Å². The maximum Gasteiger partial charge on any atom is 0.407 e. The number of nitrogens with one attached hydrogen (secondary N) is 1. The van der Waals surface area contributed by atoms with Crippen LogP contribution in [0.25, 0.3) is 10.9 Å². The fourth-order valence-corrected chi connectivity index (χ4v) is 4.20. The molecule has 1 amide bonds. The van der Waals surface area contributed by atoms with Gasteiger partial charge in [0.15, 0.2) is 8.32 Å². The highest BCUT2D eigenvalue weighted by Gasteiger charge is 2.38. The SMILES string of the molecule is CC(C)(C)N(C[C@@H](CO[Si](C)(C)C(C)(C)C)Nc1c([N+](=O)[O-])cnc2ccccc12)C(=O)O. The Balaban J connectivity index is 2.51. The van der Waals surface area contributed by atoms with Gasteiger partial charge in [-0.3, -0.25) is 10.1 Å². The third-order valence-electron chi connectivity index (χ3n) is 6.20. The van der Waals surface area contributed by atoms with E-state index in [1.165, 1.54) is 11.1 Å². The summed E-state index contributed by atoms with van der Waals surface area (Å²) in [5.74, 6) is 0. The van der Waals surface area contributed by atoms with Crippen molar-refractivity contribution in [2.24, 2.45) is 0 Å². The van der Waals surface area contributed by atoms with Crippen LogP contribution in [0.3, 0.4) is 0 Å². The molecule has 10 heteroatoms. The predicted octanol–water partition coefficient (Wildman–Crippen LogP) is 5.72. The summed E-state index contributed by atoms with van der Waals surface area (Å²) in [7, 11) is -2.15. The fourth-order valence-electron chi connectivity index (χ4n) is 3.15. The number of rotatable bonds is 8. The molecule has 0 spiro atoms. The Morgan fingerprint density at radius 1 is 1.24 bits per heavy atom. The zero-order valence-electron chi connectivity index (χ0n) is 20.8. The summed E-state index contributed by atoms with van der Waals surface area (Å²) >= 11 is 0. The molecule has 0 aliphatic heterocycles. The van der Waals surface area contributed by atoms with Gasteiger partial charge in [-0.15, -0.1) is 0 Å². The van der Waals surface area contributed by atoms with Gasteiger partial charge in [0, 0.05) is 17.5 Å². The number of nitro groups is 1. The van der Waals surface area contributed by atoms with Crippen LogP contribution < -0.4 is 5.32 Å². The van der Waals surface area contributed by atoms with E-state index in [1.54, 1.807) is 18.2 Å². The summed E-state index contributed by atoms with van der Waals surface area (Å²) in [6, 6.07) is 6.64. The van der Waals surface area contributed by atoms with Gasteiger partial charge in [-0.25, -0.2) is 9.78 Å². The van der Waals surface area contributed by atoms with E-state index in [1.807, 2.05) is 26.8 Å². The number of para-hydroxylation sites is 1. The van der Waals surface area contributed by atoms with Crippen LogP contribution in [0, 0.1) is 10.1 Å². The summed E-state index contributed by atoms with van der Waals surface area (Å²) in [4.78, 5) is 28.9. The molecule has 9 nitrogen and oxygen atoms in total. The van der Waals surface area contributed by atoms with Crippen molar-refractivity contribution in [2.45, 2.75) is 71.3 Å². The van der Waals surface area contributed by atoms with Gasteiger partial charge in [-0.2, -0.15) is 0 Å². The molecule has 0 aliphatic rings. The van der Waals surface area contributed by atoms with Crippen LogP contribution in [0.2, 0.25) is 18.1 Å². The summed E-state index contributed by atoms with van der Waals surface area (Å²) in [5.41, 5.74) is 0.104. The average Bonchev–Trinajstić information content (AvgIpc) is 2.67. The van der Waals surface area contributed by atoms with Gasteiger partial charge in [0.2, 0.25) is 0 Å². The molecular formula is C23H36N4O5Si. The van der Waals surface area contributed by atoms with Gasteiger partial charge in [0.25, 0.3) is 0 Å². The van der Waals surface area contributed by atoms with Gasteiger partial charge >= 0.3 is 11.8 Å². The molecule has 1 aromatic heterocycles. The molecule has 1 heterocycles. The van der Waals surface area contributed by atoms with Crippen molar-refractivity contribution in [3.63, 3.8) is 0 Å². The normalized spacial score (nSPS) is 13.6. The van der Waals surface area contributed by atoms with Crippen LogP contribution in [0.15, 0.2) is 30.5 Å². The second-order valence-corrected chi connectivity index (χ2v) is 15.6. The Bertz CT molecular complexity index is 1010. The lowest BCUT2D eigenvalue weighted by molar-refractivity contribution is -0.384. The van der Waals surface area contributed by atoms with E-state index >= 15 is 0 Å². The smallest absolute Gasteiger partial charge is 0.407 e. The van der Waals surface area contributed by atoms with Crippen LogP contribution in [0.4, 0.5) is 16.2 Å². The number of anilines is 1. The molecule has 0 saturated heterocycles. The van der Waals surface area contributed by atoms with Crippen LogP contribution >= 0.6 is 0 Å². The minimum Gasteiger partial charge on any atom is -0.465 e. The highest BCUT2D eigenvalue weighted by molar-refractivity contribution is 6.74. The first-order valence-corrected chi connectivity index (χ1v) is 13.9. The molecule has 182 valence electrons. The predicted molar refractivity (Wildman–Crippen MR) is 133 cm³/mol. The van der Waals surface area contributed by atoms with E-state index in [0.29, 0.717) is 16.6 Å². The molecule has 2 aromatic rings. The van der Waals surface area contributed by atoms with E-state index in [9.17, 15) is 20.0 Å². The molecule has 0 fully saturated rings. The van der Waals surface area contributed by atoms with Crippen LogP contribution in [-0.4, -0.2) is 59.1 Å². The van der Waals surface area contributed by atoms with Gasteiger partial charge < -0.3 is 19.7 Å². The van der Waals surface area contributed by atoms with Gasteiger partial charge in [-0.05, 0) is 45.0 Å². The zero-order valence-corrected chi connectivity index (χ0v) is 21.8. The Morgan fingerprint density at radius 2 is 1.85 bits per heavy atom. The third-order valence-corrected chi connectivity index (χ3v) is 10.7. The van der Waals surface area contributed by atoms with Crippen molar-refractivity contribution in [1.29, 1.82) is 0 Å². The number of fused-ring (bicyclic) bond motifs is 1. The van der Waals surface area contributed by atoms with Crippen molar-refractivity contribution >= 4 is 36.7 Å². The molecule has 0 saturated carbocycles. The van der Waals surface area contributed by atoms with Crippen molar-refractivity contribution in [3.05, 3.63) is 40.6 Å². The van der Waals surface area contributed by atoms with Crippen molar-refractivity contribution in [2.75, 3.05) is 18.5 Å². The number of carboxylic acid groups (broad SMARTS) is 1. The summed E-state index contributed by atoms with van der Waals surface area (Å²) in [6.07, 6.45) is 0.172. The van der Waals surface area contributed by atoms with E-state index in [-0.39, 0.29) is 23.9 Å². The number of amides is 1. The topological polar surface area (TPSA) is 118 Å². The van der Waals surface area contributed by atoms with Crippen LogP contribution in [0.5, 0.6) is 0 Å². The lowest BCUT2D eigenvalue weighted by Gasteiger charge is -2.40. The van der Waals surface area contributed by atoms with Crippen LogP contribution in [-0.2, 0) is 4.43 Å². The summed E-state index contributed by atoms with van der Waals surface area (Å²) < 4.78 is 6.41. The quantitative estimate of drug-likeness (QED) is 0.284. The van der Waals surface area contributed by atoms with Crippen LogP contribution in [0.1, 0.15) is 41.5 Å². The Hall–Kier alpha value is -2.72. The molecule has 1 atom stereocenters. The molecule has 0 aliphatic carbocycles. The van der Waals surface area contributed by atoms with Crippen molar-refractivity contribution in [1.82, 2.24) is 9.88 Å². The molecule has 1 aromatic carbocycles. The standard InChI is InChI=1S/C23H36N4O5Si/c1-22(2,3)26(21(28)29)14-16(15-32-33(7,8)23(4,5)6)25-20-17-11-9-10-12-18(17)24-13-19(20)27(30)31/h9-13,16H,14-15H2,1-8H3,(H,24,25)(H,28,29)/t16-/m0/s1. The zero-order chi connectivity index (χ0) is 25.2. The molecule has 0 unspecified atom stereocenters. The van der Waals surface area contributed by atoms with E-state index in [4.69, 9.17) is 4.43 Å². The van der Waals surface area contributed by atoms with Crippen molar-refractivity contribution in [3.8, 4) is 0 Å².